The van der Waals surface area contributed by atoms with Crippen molar-refractivity contribution in [1.82, 2.24) is 4.90 Å². The Kier molecular flexibility index (Phi) is 4.94. The molecule has 0 aliphatic rings. The van der Waals surface area contributed by atoms with Gasteiger partial charge >= 0.3 is 0 Å². The number of hydrogen-bond donors (Lipinski definition) is 1. The lowest BCUT2D eigenvalue weighted by molar-refractivity contribution is -0.118. The molecule has 5 nitrogen and oxygen atoms in total. The number of primary amides is 1. The third-order valence-electron chi connectivity index (χ3n) is 2.87. The van der Waals surface area contributed by atoms with Gasteiger partial charge in [0.15, 0.2) is 0 Å². The summed E-state index contributed by atoms with van der Waals surface area (Å²) in [7, 11) is 1.58. The lowest BCUT2D eigenvalue weighted by atomic mass is 10.2. The van der Waals surface area contributed by atoms with Crippen LogP contribution in [0.4, 0.5) is 0 Å². The van der Waals surface area contributed by atoms with E-state index in [1.54, 1.807) is 19.2 Å². The molecule has 2 rings (SSSR count). The Labute approximate surface area is 126 Å². The van der Waals surface area contributed by atoms with Crippen LogP contribution < -0.4 is 10.5 Å². The smallest absolute Gasteiger partial charge is 0.264 e. The summed E-state index contributed by atoms with van der Waals surface area (Å²) in [6.07, 6.45) is 0. The summed E-state index contributed by atoms with van der Waals surface area (Å²) in [6, 6.07) is 10.9. The van der Waals surface area contributed by atoms with Gasteiger partial charge in [-0.15, -0.1) is 11.3 Å². The Morgan fingerprint density at radius 2 is 2.10 bits per heavy atom. The number of amides is 2. The first-order valence-electron chi connectivity index (χ1n) is 6.34. The van der Waals surface area contributed by atoms with Crippen LogP contribution >= 0.6 is 11.3 Å². The number of carbonyl (C=O) groups excluding carboxylic acids is 2. The maximum atomic E-state index is 12.4. The first-order valence-corrected chi connectivity index (χ1v) is 7.22. The molecule has 0 fully saturated rings. The third kappa shape index (κ3) is 4.06. The van der Waals surface area contributed by atoms with Gasteiger partial charge in [-0.2, -0.15) is 0 Å². The molecule has 0 bridgehead atoms. The Morgan fingerprint density at radius 3 is 2.71 bits per heavy atom. The molecule has 1 heterocycles. The monoisotopic (exact) mass is 304 g/mol. The summed E-state index contributed by atoms with van der Waals surface area (Å²) in [5.74, 6) is -0.0375. The maximum Gasteiger partial charge on any atom is 0.264 e. The second-order valence-electron chi connectivity index (χ2n) is 4.46. The van der Waals surface area contributed by atoms with Crippen molar-refractivity contribution in [2.75, 3.05) is 13.7 Å². The Hall–Kier alpha value is -2.34. The zero-order valence-corrected chi connectivity index (χ0v) is 12.4. The Morgan fingerprint density at radius 1 is 1.29 bits per heavy atom. The number of nitrogens with two attached hydrogens (primary N) is 1. The van der Waals surface area contributed by atoms with Crippen LogP contribution in [0.3, 0.4) is 0 Å². The molecule has 6 heteroatoms. The molecule has 1 aromatic heterocycles. The van der Waals surface area contributed by atoms with Crippen molar-refractivity contribution in [3.8, 4) is 5.75 Å². The van der Waals surface area contributed by atoms with E-state index in [0.717, 1.165) is 5.56 Å². The minimum atomic E-state index is -0.539. The number of benzene rings is 1. The predicted molar refractivity (Wildman–Crippen MR) is 81.2 cm³/mol. The first kappa shape index (κ1) is 15.1. The van der Waals surface area contributed by atoms with Gasteiger partial charge in [-0.1, -0.05) is 18.2 Å². The molecule has 0 saturated carbocycles. The molecule has 2 amide bonds. The standard InChI is InChI=1S/C15H16N2O3S/c1-20-12-5-2-4-11(8-12)9-17(10-14(16)18)15(19)13-6-3-7-21-13/h2-8H,9-10H2,1H3,(H2,16,18). The number of thiophene rings is 1. The fourth-order valence-electron chi connectivity index (χ4n) is 1.93. The summed E-state index contributed by atoms with van der Waals surface area (Å²) in [5.41, 5.74) is 6.12. The molecule has 110 valence electrons. The molecule has 0 unspecified atom stereocenters. The van der Waals surface area contributed by atoms with E-state index in [1.807, 2.05) is 29.6 Å². The molecule has 1 aromatic carbocycles. The highest BCUT2D eigenvalue weighted by Crippen LogP contribution is 2.17. The molecular weight excluding hydrogens is 288 g/mol. The first-order chi connectivity index (χ1) is 10.1. The topological polar surface area (TPSA) is 72.6 Å². The van der Waals surface area contributed by atoms with Crippen LogP contribution in [0, 0.1) is 0 Å². The highest BCUT2D eigenvalue weighted by atomic mass is 32.1. The zero-order valence-electron chi connectivity index (χ0n) is 11.6. The fourth-order valence-corrected chi connectivity index (χ4v) is 2.63. The van der Waals surface area contributed by atoms with Crippen LogP contribution in [0.15, 0.2) is 41.8 Å². The van der Waals surface area contributed by atoms with Crippen molar-refractivity contribution in [3.63, 3.8) is 0 Å². The summed E-state index contributed by atoms with van der Waals surface area (Å²) < 4.78 is 5.16. The number of carbonyl (C=O) groups is 2. The van der Waals surface area contributed by atoms with Crippen molar-refractivity contribution >= 4 is 23.2 Å². The van der Waals surface area contributed by atoms with Crippen molar-refractivity contribution in [3.05, 3.63) is 52.2 Å². The van der Waals surface area contributed by atoms with Crippen LogP contribution in [-0.4, -0.2) is 30.4 Å². The molecule has 2 aromatic rings. The summed E-state index contributed by atoms with van der Waals surface area (Å²) in [4.78, 5) is 25.6. The van der Waals surface area contributed by atoms with Gasteiger partial charge in [0.05, 0.1) is 12.0 Å². The number of rotatable bonds is 6. The number of nitrogens with zero attached hydrogens (tertiary/aromatic N) is 1. The molecule has 0 saturated heterocycles. The van der Waals surface area contributed by atoms with Crippen LogP contribution in [0.1, 0.15) is 15.2 Å². The van der Waals surface area contributed by atoms with Gasteiger partial charge in [0.25, 0.3) is 5.91 Å². The maximum absolute atomic E-state index is 12.4. The van der Waals surface area contributed by atoms with E-state index in [0.29, 0.717) is 17.2 Å². The molecule has 0 aliphatic carbocycles. The van der Waals surface area contributed by atoms with E-state index in [9.17, 15) is 9.59 Å². The van der Waals surface area contributed by atoms with Crippen molar-refractivity contribution in [2.45, 2.75) is 6.54 Å². The van der Waals surface area contributed by atoms with Gasteiger partial charge in [0.2, 0.25) is 5.91 Å². The number of ether oxygens (including phenoxy) is 1. The molecule has 0 aliphatic heterocycles. The number of methoxy groups -OCH3 is 1. The van der Waals surface area contributed by atoms with E-state index in [1.165, 1.54) is 16.2 Å². The Bertz CT molecular complexity index is 626. The summed E-state index contributed by atoms with van der Waals surface area (Å²) in [5, 5.41) is 1.82. The quantitative estimate of drug-likeness (QED) is 0.885. The van der Waals surface area contributed by atoms with Gasteiger partial charge in [-0.05, 0) is 29.1 Å². The van der Waals surface area contributed by atoms with Gasteiger partial charge in [-0.3, -0.25) is 9.59 Å². The van der Waals surface area contributed by atoms with Crippen LogP contribution in [0.2, 0.25) is 0 Å². The van der Waals surface area contributed by atoms with E-state index in [2.05, 4.69) is 0 Å². The second kappa shape index (κ2) is 6.90. The molecule has 0 spiro atoms. The molecule has 0 radical (unpaired) electrons. The molecular formula is C15H16N2O3S. The molecule has 0 atom stereocenters. The van der Waals surface area contributed by atoms with Gasteiger partial charge in [-0.25, -0.2) is 0 Å². The van der Waals surface area contributed by atoms with Crippen molar-refractivity contribution in [2.24, 2.45) is 5.73 Å². The third-order valence-corrected chi connectivity index (χ3v) is 3.73. The lowest BCUT2D eigenvalue weighted by Crippen LogP contribution is -2.37. The predicted octanol–water partition coefficient (Wildman–Crippen LogP) is 1.88. The number of hydrogen-bond acceptors (Lipinski definition) is 4. The normalized spacial score (nSPS) is 10.1. The molecule has 21 heavy (non-hydrogen) atoms. The lowest BCUT2D eigenvalue weighted by Gasteiger charge is -2.20. The van der Waals surface area contributed by atoms with Gasteiger partial charge < -0.3 is 15.4 Å². The SMILES string of the molecule is COc1cccc(CN(CC(N)=O)C(=O)c2cccs2)c1. The minimum absolute atomic E-state index is 0.117. The van der Waals surface area contributed by atoms with E-state index in [-0.39, 0.29) is 12.5 Å². The largest absolute Gasteiger partial charge is 0.497 e. The van der Waals surface area contributed by atoms with Gasteiger partial charge in [0, 0.05) is 6.54 Å². The van der Waals surface area contributed by atoms with Crippen LogP contribution in [0.25, 0.3) is 0 Å². The fraction of sp³-hybridized carbons (Fsp3) is 0.200. The van der Waals surface area contributed by atoms with E-state index in [4.69, 9.17) is 10.5 Å². The zero-order chi connectivity index (χ0) is 15.2. The van der Waals surface area contributed by atoms with E-state index < -0.39 is 5.91 Å². The van der Waals surface area contributed by atoms with Crippen LogP contribution in [0.5, 0.6) is 5.75 Å². The second-order valence-corrected chi connectivity index (χ2v) is 5.40. The minimum Gasteiger partial charge on any atom is -0.497 e. The highest BCUT2D eigenvalue weighted by molar-refractivity contribution is 7.12. The van der Waals surface area contributed by atoms with Crippen molar-refractivity contribution in [1.29, 1.82) is 0 Å². The van der Waals surface area contributed by atoms with E-state index >= 15 is 0 Å². The molecule has 2 N–H and O–H groups in total. The summed E-state index contributed by atoms with van der Waals surface area (Å²) in [6.45, 7) is 0.185. The Balaban J connectivity index is 2.19. The highest BCUT2D eigenvalue weighted by Gasteiger charge is 2.19. The average Bonchev–Trinajstić information content (AvgIpc) is 2.99. The van der Waals surface area contributed by atoms with Gasteiger partial charge in [0.1, 0.15) is 12.3 Å². The average molecular weight is 304 g/mol. The summed E-state index contributed by atoms with van der Waals surface area (Å²) >= 11 is 1.34. The van der Waals surface area contributed by atoms with Crippen molar-refractivity contribution < 1.29 is 14.3 Å². The van der Waals surface area contributed by atoms with Crippen LogP contribution in [-0.2, 0) is 11.3 Å².